The standard InChI is InChI=1S/C18H20N2O/c1-12-10-14-7-3-4-9-16(14)20(11-12)18(21)15-8-5-6-13(2)17(15)19/h3-9,12H,10-11,19H2,1-2H3. The zero-order chi connectivity index (χ0) is 15.0. The summed E-state index contributed by atoms with van der Waals surface area (Å²) < 4.78 is 0. The second-order valence-electron chi connectivity index (χ2n) is 5.89. The van der Waals surface area contributed by atoms with Crippen molar-refractivity contribution >= 4 is 17.3 Å². The SMILES string of the molecule is Cc1cccc(C(=O)N2CC(C)Cc3ccccc32)c1N. The summed E-state index contributed by atoms with van der Waals surface area (Å²) >= 11 is 0. The van der Waals surface area contributed by atoms with Crippen LogP contribution in [0, 0.1) is 12.8 Å². The molecular weight excluding hydrogens is 260 g/mol. The Hall–Kier alpha value is -2.29. The van der Waals surface area contributed by atoms with E-state index in [-0.39, 0.29) is 5.91 Å². The highest BCUT2D eigenvalue weighted by molar-refractivity contribution is 6.10. The molecule has 1 unspecified atom stereocenters. The Bertz CT molecular complexity index is 693. The fraction of sp³-hybridized carbons (Fsp3) is 0.278. The van der Waals surface area contributed by atoms with Gasteiger partial charge in [0.15, 0.2) is 0 Å². The molecule has 108 valence electrons. The van der Waals surface area contributed by atoms with E-state index >= 15 is 0 Å². The molecule has 1 heterocycles. The quantitative estimate of drug-likeness (QED) is 0.814. The van der Waals surface area contributed by atoms with Crippen LogP contribution < -0.4 is 10.6 Å². The first-order valence-electron chi connectivity index (χ1n) is 7.33. The lowest BCUT2D eigenvalue weighted by Gasteiger charge is -2.33. The zero-order valence-electron chi connectivity index (χ0n) is 12.5. The van der Waals surface area contributed by atoms with Crippen LogP contribution in [0.15, 0.2) is 42.5 Å². The van der Waals surface area contributed by atoms with E-state index in [9.17, 15) is 4.79 Å². The van der Waals surface area contributed by atoms with Gasteiger partial charge in [-0.15, -0.1) is 0 Å². The summed E-state index contributed by atoms with van der Waals surface area (Å²) in [6, 6.07) is 13.8. The van der Waals surface area contributed by atoms with Gasteiger partial charge in [0.2, 0.25) is 0 Å². The van der Waals surface area contributed by atoms with Crippen molar-refractivity contribution in [3.05, 3.63) is 59.2 Å². The molecule has 1 aliphatic heterocycles. The van der Waals surface area contributed by atoms with Crippen LogP contribution in [-0.4, -0.2) is 12.5 Å². The van der Waals surface area contributed by atoms with Crippen molar-refractivity contribution in [3.8, 4) is 0 Å². The first-order valence-corrected chi connectivity index (χ1v) is 7.33. The molecule has 0 saturated carbocycles. The van der Waals surface area contributed by atoms with E-state index < -0.39 is 0 Å². The minimum atomic E-state index is -0.00444. The number of nitrogens with two attached hydrogens (primary N) is 1. The number of amides is 1. The zero-order valence-corrected chi connectivity index (χ0v) is 12.5. The largest absolute Gasteiger partial charge is 0.398 e. The van der Waals surface area contributed by atoms with Gasteiger partial charge in [0, 0.05) is 17.9 Å². The topological polar surface area (TPSA) is 46.3 Å². The van der Waals surface area contributed by atoms with Crippen molar-refractivity contribution in [2.24, 2.45) is 5.92 Å². The van der Waals surface area contributed by atoms with Gasteiger partial charge in [-0.1, -0.05) is 37.3 Å². The molecule has 0 aromatic heterocycles. The number of hydrogen-bond acceptors (Lipinski definition) is 2. The Morgan fingerprint density at radius 1 is 1.19 bits per heavy atom. The predicted octanol–water partition coefficient (Wildman–Crippen LogP) is 3.42. The number of hydrogen-bond donors (Lipinski definition) is 1. The highest BCUT2D eigenvalue weighted by Crippen LogP contribution is 2.31. The minimum Gasteiger partial charge on any atom is -0.398 e. The third-order valence-electron chi connectivity index (χ3n) is 4.14. The van der Waals surface area contributed by atoms with Gasteiger partial charge in [-0.25, -0.2) is 0 Å². The molecule has 0 radical (unpaired) electrons. The van der Waals surface area contributed by atoms with Crippen molar-refractivity contribution in [3.63, 3.8) is 0 Å². The molecule has 0 aliphatic carbocycles. The van der Waals surface area contributed by atoms with E-state index in [0.29, 0.717) is 17.2 Å². The van der Waals surface area contributed by atoms with E-state index in [1.807, 2.05) is 48.2 Å². The second kappa shape index (κ2) is 5.24. The molecule has 2 aromatic carbocycles. The number of aryl methyl sites for hydroxylation is 1. The first-order chi connectivity index (χ1) is 10.1. The van der Waals surface area contributed by atoms with Crippen LogP contribution in [0.5, 0.6) is 0 Å². The average Bonchev–Trinajstić information content (AvgIpc) is 2.48. The molecule has 1 aliphatic rings. The number of carbonyl (C=O) groups is 1. The number of nitrogens with zero attached hydrogens (tertiary/aromatic N) is 1. The number of para-hydroxylation sites is 2. The van der Waals surface area contributed by atoms with E-state index in [0.717, 1.165) is 24.2 Å². The third kappa shape index (κ3) is 2.40. The monoisotopic (exact) mass is 280 g/mol. The summed E-state index contributed by atoms with van der Waals surface area (Å²) in [5.74, 6) is 0.449. The Balaban J connectivity index is 2.04. The van der Waals surface area contributed by atoms with Gasteiger partial charge in [0.25, 0.3) is 5.91 Å². The Morgan fingerprint density at radius 3 is 2.76 bits per heavy atom. The molecule has 0 spiro atoms. The molecule has 2 N–H and O–H groups in total. The molecule has 0 saturated heterocycles. The smallest absolute Gasteiger partial charge is 0.260 e. The summed E-state index contributed by atoms with van der Waals surface area (Å²) in [5.41, 5.74) is 10.5. The summed E-state index contributed by atoms with van der Waals surface area (Å²) in [4.78, 5) is 14.8. The van der Waals surface area contributed by atoms with Crippen LogP contribution in [-0.2, 0) is 6.42 Å². The van der Waals surface area contributed by atoms with E-state index in [1.165, 1.54) is 5.56 Å². The van der Waals surface area contributed by atoms with Crippen molar-refractivity contribution in [1.29, 1.82) is 0 Å². The highest BCUT2D eigenvalue weighted by atomic mass is 16.2. The first kappa shape index (κ1) is 13.7. The molecule has 1 atom stereocenters. The third-order valence-corrected chi connectivity index (χ3v) is 4.14. The molecule has 3 nitrogen and oxygen atoms in total. The lowest BCUT2D eigenvalue weighted by atomic mass is 9.93. The number of rotatable bonds is 1. The predicted molar refractivity (Wildman–Crippen MR) is 86.6 cm³/mol. The normalized spacial score (nSPS) is 17.4. The van der Waals surface area contributed by atoms with E-state index in [2.05, 4.69) is 13.0 Å². The van der Waals surface area contributed by atoms with Crippen molar-refractivity contribution in [1.82, 2.24) is 0 Å². The van der Waals surface area contributed by atoms with Crippen molar-refractivity contribution in [2.75, 3.05) is 17.2 Å². The lowest BCUT2D eigenvalue weighted by Crippen LogP contribution is -2.39. The van der Waals surface area contributed by atoms with Crippen LogP contribution in [0.3, 0.4) is 0 Å². The maximum absolute atomic E-state index is 12.9. The van der Waals surface area contributed by atoms with Gasteiger partial charge >= 0.3 is 0 Å². The molecule has 0 fully saturated rings. The summed E-state index contributed by atoms with van der Waals surface area (Å²) in [6.45, 7) is 4.85. The fourth-order valence-corrected chi connectivity index (χ4v) is 3.00. The maximum atomic E-state index is 12.9. The van der Waals surface area contributed by atoms with Gasteiger partial charge in [-0.3, -0.25) is 4.79 Å². The molecule has 3 heteroatoms. The maximum Gasteiger partial charge on any atom is 0.260 e. The Morgan fingerprint density at radius 2 is 1.95 bits per heavy atom. The average molecular weight is 280 g/mol. The number of anilines is 2. The van der Waals surface area contributed by atoms with Gasteiger partial charge < -0.3 is 10.6 Å². The molecule has 2 aromatic rings. The molecule has 3 rings (SSSR count). The van der Waals surface area contributed by atoms with Crippen LogP contribution >= 0.6 is 0 Å². The molecule has 0 bridgehead atoms. The van der Waals surface area contributed by atoms with Crippen molar-refractivity contribution in [2.45, 2.75) is 20.3 Å². The van der Waals surface area contributed by atoms with Gasteiger partial charge in [-0.2, -0.15) is 0 Å². The minimum absolute atomic E-state index is 0.00444. The van der Waals surface area contributed by atoms with E-state index in [1.54, 1.807) is 0 Å². The molecule has 21 heavy (non-hydrogen) atoms. The van der Waals surface area contributed by atoms with E-state index in [4.69, 9.17) is 5.73 Å². The lowest BCUT2D eigenvalue weighted by molar-refractivity contribution is 0.0982. The molecule has 1 amide bonds. The van der Waals surface area contributed by atoms with Gasteiger partial charge in [0.1, 0.15) is 0 Å². The Labute approximate surface area is 125 Å². The fourth-order valence-electron chi connectivity index (χ4n) is 3.00. The van der Waals surface area contributed by atoms with Crippen LogP contribution in [0.1, 0.15) is 28.4 Å². The van der Waals surface area contributed by atoms with Crippen molar-refractivity contribution < 1.29 is 4.79 Å². The summed E-state index contributed by atoms with van der Waals surface area (Å²) in [7, 11) is 0. The van der Waals surface area contributed by atoms with Gasteiger partial charge in [-0.05, 0) is 42.5 Å². The molecular formula is C18H20N2O. The van der Waals surface area contributed by atoms with Crippen LogP contribution in [0.25, 0.3) is 0 Å². The number of carbonyl (C=O) groups excluding carboxylic acids is 1. The van der Waals surface area contributed by atoms with Crippen LogP contribution in [0.2, 0.25) is 0 Å². The van der Waals surface area contributed by atoms with Crippen LogP contribution in [0.4, 0.5) is 11.4 Å². The Kier molecular flexibility index (Phi) is 3.42. The number of fused-ring (bicyclic) bond motifs is 1. The summed E-state index contributed by atoms with van der Waals surface area (Å²) in [6.07, 6.45) is 1.02. The number of nitrogen functional groups attached to an aromatic ring is 1. The van der Waals surface area contributed by atoms with Gasteiger partial charge in [0.05, 0.1) is 5.56 Å². The second-order valence-corrected chi connectivity index (χ2v) is 5.89. The summed E-state index contributed by atoms with van der Waals surface area (Å²) in [5, 5.41) is 0. The highest BCUT2D eigenvalue weighted by Gasteiger charge is 2.27. The number of benzene rings is 2.